The molecule has 3 aromatic rings. The lowest BCUT2D eigenvalue weighted by Gasteiger charge is -2.16. The Morgan fingerprint density at radius 1 is 1.19 bits per heavy atom. The van der Waals surface area contributed by atoms with Crippen LogP contribution in [0, 0.1) is 6.92 Å². The smallest absolute Gasteiger partial charge is 0.267 e. The molecule has 0 atom stereocenters. The number of nitrogens with one attached hydrogen (secondary N) is 1. The fraction of sp³-hybridized carbons (Fsp3) is 0.200. The van der Waals surface area contributed by atoms with Crippen molar-refractivity contribution >= 4 is 21.6 Å². The average molecular weight is 414 g/mol. The molecule has 134 valence electrons. The van der Waals surface area contributed by atoms with Gasteiger partial charge in [0.05, 0.1) is 11.4 Å². The highest BCUT2D eigenvalue weighted by molar-refractivity contribution is 9.10. The van der Waals surface area contributed by atoms with E-state index < -0.39 is 0 Å². The van der Waals surface area contributed by atoms with Gasteiger partial charge in [0.1, 0.15) is 5.75 Å². The first-order valence-corrected chi connectivity index (χ1v) is 9.16. The summed E-state index contributed by atoms with van der Waals surface area (Å²) in [6.07, 6.45) is 1.33. The molecule has 0 saturated heterocycles. The summed E-state index contributed by atoms with van der Waals surface area (Å²) in [6, 6.07) is 13.4. The lowest BCUT2D eigenvalue weighted by atomic mass is 10.0. The Hall–Kier alpha value is -2.60. The number of nitrogen functional groups attached to an aromatic ring is 1. The van der Waals surface area contributed by atoms with Crippen LogP contribution in [0.3, 0.4) is 0 Å². The van der Waals surface area contributed by atoms with Gasteiger partial charge in [-0.05, 0) is 48.7 Å². The molecule has 3 rings (SSSR count). The zero-order valence-corrected chi connectivity index (χ0v) is 16.3. The maximum absolute atomic E-state index is 11.5. The summed E-state index contributed by atoms with van der Waals surface area (Å²) >= 11 is 3.45. The Bertz CT molecular complexity index is 999. The third-order valence-corrected chi connectivity index (χ3v) is 4.67. The van der Waals surface area contributed by atoms with Crippen LogP contribution in [-0.4, -0.2) is 10.2 Å². The van der Waals surface area contributed by atoms with E-state index in [0.29, 0.717) is 23.4 Å². The van der Waals surface area contributed by atoms with Gasteiger partial charge >= 0.3 is 0 Å². The van der Waals surface area contributed by atoms with E-state index in [4.69, 9.17) is 10.5 Å². The molecule has 0 aliphatic carbocycles. The maximum atomic E-state index is 11.5. The second-order valence-corrected chi connectivity index (χ2v) is 7.00. The molecule has 0 amide bonds. The van der Waals surface area contributed by atoms with Crippen LogP contribution in [0.4, 0.5) is 5.69 Å². The SMILES string of the molecule is CCc1ccc(Cc2cc(C)c(=O)[nH]n2)c(N)c1Oc1cccc(Br)c1. The number of nitrogens with two attached hydrogens (primary N) is 1. The van der Waals surface area contributed by atoms with Crippen LogP contribution in [0.25, 0.3) is 0 Å². The number of rotatable bonds is 5. The highest BCUT2D eigenvalue weighted by Gasteiger charge is 2.14. The van der Waals surface area contributed by atoms with Gasteiger partial charge in [0.2, 0.25) is 0 Å². The molecule has 5 nitrogen and oxygen atoms in total. The molecule has 0 spiro atoms. The number of benzene rings is 2. The predicted octanol–water partition coefficient (Wildman–Crippen LogP) is 4.37. The zero-order valence-electron chi connectivity index (χ0n) is 14.7. The number of H-pyrrole nitrogens is 1. The molecule has 1 heterocycles. The first kappa shape index (κ1) is 18.2. The van der Waals surface area contributed by atoms with Crippen molar-refractivity contribution in [2.24, 2.45) is 0 Å². The van der Waals surface area contributed by atoms with Gasteiger partial charge in [-0.3, -0.25) is 4.79 Å². The van der Waals surface area contributed by atoms with E-state index >= 15 is 0 Å². The molecule has 0 saturated carbocycles. The Labute approximate surface area is 160 Å². The quantitative estimate of drug-likeness (QED) is 0.608. The predicted molar refractivity (Wildman–Crippen MR) is 107 cm³/mol. The molecule has 3 N–H and O–H groups in total. The van der Waals surface area contributed by atoms with E-state index in [1.807, 2.05) is 36.4 Å². The van der Waals surface area contributed by atoms with Crippen molar-refractivity contribution in [1.82, 2.24) is 10.2 Å². The van der Waals surface area contributed by atoms with E-state index in [1.54, 1.807) is 13.0 Å². The number of aromatic nitrogens is 2. The summed E-state index contributed by atoms with van der Waals surface area (Å²) in [7, 11) is 0. The number of hydrogen-bond donors (Lipinski definition) is 2. The topological polar surface area (TPSA) is 81.0 Å². The summed E-state index contributed by atoms with van der Waals surface area (Å²) in [6.45, 7) is 3.82. The van der Waals surface area contributed by atoms with Crippen molar-refractivity contribution in [2.45, 2.75) is 26.7 Å². The summed E-state index contributed by atoms with van der Waals surface area (Å²) < 4.78 is 7.04. The number of anilines is 1. The van der Waals surface area contributed by atoms with E-state index in [2.05, 4.69) is 33.1 Å². The second-order valence-electron chi connectivity index (χ2n) is 6.09. The van der Waals surface area contributed by atoms with Crippen LogP contribution in [0.1, 0.15) is 29.3 Å². The Balaban J connectivity index is 1.97. The van der Waals surface area contributed by atoms with Crippen LogP contribution in [0.15, 0.2) is 51.7 Å². The first-order chi connectivity index (χ1) is 12.5. The summed E-state index contributed by atoms with van der Waals surface area (Å²) in [5, 5.41) is 6.61. The summed E-state index contributed by atoms with van der Waals surface area (Å²) in [5.74, 6) is 1.39. The number of nitrogens with zero attached hydrogens (tertiary/aromatic N) is 1. The van der Waals surface area contributed by atoms with E-state index in [1.165, 1.54) is 0 Å². The van der Waals surface area contributed by atoms with Gasteiger partial charge in [-0.25, -0.2) is 5.10 Å². The molecular formula is C20H20BrN3O2. The molecule has 0 bridgehead atoms. The van der Waals surface area contributed by atoms with Gasteiger partial charge in [-0.2, -0.15) is 5.10 Å². The van der Waals surface area contributed by atoms with Crippen LogP contribution >= 0.6 is 15.9 Å². The highest BCUT2D eigenvalue weighted by atomic mass is 79.9. The third kappa shape index (κ3) is 3.96. The minimum Gasteiger partial charge on any atom is -0.455 e. The molecule has 1 aromatic heterocycles. The van der Waals surface area contributed by atoms with Crippen molar-refractivity contribution in [3.63, 3.8) is 0 Å². The maximum Gasteiger partial charge on any atom is 0.267 e. The molecule has 0 unspecified atom stereocenters. The molecule has 0 aliphatic heterocycles. The molecule has 26 heavy (non-hydrogen) atoms. The van der Waals surface area contributed by atoms with Gasteiger partial charge in [-0.1, -0.05) is 41.1 Å². The third-order valence-electron chi connectivity index (χ3n) is 4.18. The number of halogens is 1. The number of ether oxygens (including phenoxy) is 1. The normalized spacial score (nSPS) is 10.7. The molecule has 6 heteroatoms. The van der Waals surface area contributed by atoms with Crippen molar-refractivity contribution in [3.8, 4) is 11.5 Å². The molecule has 0 fully saturated rings. The minimum absolute atomic E-state index is 0.179. The monoisotopic (exact) mass is 413 g/mol. The number of aryl methyl sites for hydroxylation is 2. The average Bonchev–Trinajstić information content (AvgIpc) is 2.62. The minimum atomic E-state index is -0.179. The van der Waals surface area contributed by atoms with Crippen molar-refractivity contribution in [2.75, 3.05) is 5.73 Å². The van der Waals surface area contributed by atoms with Crippen molar-refractivity contribution in [1.29, 1.82) is 0 Å². The Morgan fingerprint density at radius 3 is 2.65 bits per heavy atom. The second kappa shape index (κ2) is 7.74. The summed E-state index contributed by atoms with van der Waals surface area (Å²) in [4.78, 5) is 11.5. The van der Waals surface area contributed by atoms with Crippen LogP contribution in [-0.2, 0) is 12.8 Å². The van der Waals surface area contributed by atoms with E-state index in [9.17, 15) is 4.79 Å². The first-order valence-electron chi connectivity index (χ1n) is 8.36. The molecule has 0 aliphatic rings. The van der Waals surface area contributed by atoms with Gasteiger partial charge in [0, 0.05) is 16.5 Å². The molecular weight excluding hydrogens is 394 g/mol. The largest absolute Gasteiger partial charge is 0.455 e. The summed E-state index contributed by atoms with van der Waals surface area (Å²) in [5.41, 5.74) is 10.2. The number of aromatic amines is 1. The van der Waals surface area contributed by atoms with Gasteiger partial charge in [-0.15, -0.1) is 0 Å². The lowest BCUT2D eigenvalue weighted by molar-refractivity contribution is 0.478. The number of hydrogen-bond acceptors (Lipinski definition) is 4. The van der Waals surface area contributed by atoms with Crippen LogP contribution < -0.4 is 16.0 Å². The van der Waals surface area contributed by atoms with E-state index in [0.717, 1.165) is 33.5 Å². The highest BCUT2D eigenvalue weighted by Crippen LogP contribution is 2.35. The van der Waals surface area contributed by atoms with Gasteiger partial charge < -0.3 is 10.5 Å². The Morgan fingerprint density at radius 2 is 1.96 bits per heavy atom. The zero-order chi connectivity index (χ0) is 18.7. The van der Waals surface area contributed by atoms with Gasteiger partial charge in [0.15, 0.2) is 5.75 Å². The van der Waals surface area contributed by atoms with Crippen molar-refractivity contribution in [3.05, 3.63) is 79.7 Å². The lowest BCUT2D eigenvalue weighted by Crippen LogP contribution is -2.13. The standard InChI is InChI=1S/C20H20BrN3O2/c1-3-13-7-8-14(10-16-9-12(2)20(25)24-23-16)18(22)19(13)26-17-6-4-5-15(21)11-17/h4-9,11H,3,10,22H2,1-2H3,(H,24,25). The fourth-order valence-electron chi connectivity index (χ4n) is 2.73. The Kier molecular flexibility index (Phi) is 5.42. The van der Waals surface area contributed by atoms with Crippen LogP contribution in [0.2, 0.25) is 0 Å². The van der Waals surface area contributed by atoms with E-state index in [-0.39, 0.29) is 5.56 Å². The van der Waals surface area contributed by atoms with Crippen molar-refractivity contribution < 1.29 is 4.74 Å². The fourth-order valence-corrected chi connectivity index (χ4v) is 3.11. The van der Waals surface area contributed by atoms with Gasteiger partial charge in [0.25, 0.3) is 5.56 Å². The van der Waals surface area contributed by atoms with Crippen LogP contribution in [0.5, 0.6) is 11.5 Å². The molecule has 0 radical (unpaired) electrons. The molecule has 2 aromatic carbocycles.